The summed E-state index contributed by atoms with van der Waals surface area (Å²) in [6.45, 7) is 2.63. The molecule has 1 aromatic rings. The predicted octanol–water partition coefficient (Wildman–Crippen LogP) is 0.543. The molecular weight excluding hydrogens is 330 g/mol. The minimum atomic E-state index is -3.78. The van der Waals surface area contributed by atoms with Crippen molar-refractivity contribution in [3.63, 3.8) is 0 Å². The van der Waals surface area contributed by atoms with Crippen molar-refractivity contribution in [2.24, 2.45) is 0 Å². The van der Waals surface area contributed by atoms with Crippen LogP contribution in [0.5, 0.6) is 0 Å². The summed E-state index contributed by atoms with van der Waals surface area (Å²) in [5.41, 5.74) is 1.59. The number of carbonyl (C=O) groups excluding carboxylic acids is 2. The quantitative estimate of drug-likeness (QED) is 0.831. The number of rotatable bonds is 3. The van der Waals surface area contributed by atoms with Gasteiger partial charge in [-0.05, 0) is 49.4 Å². The van der Waals surface area contributed by atoms with E-state index in [1.165, 1.54) is 13.0 Å². The highest BCUT2D eigenvalue weighted by molar-refractivity contribution is 7.89. The normalized spacial score (nSPS) is 21.1. The molecule has 0 aromatic heterocycles. The van der Waals surface area contributed by atoms with Crippen molar-refractivity contribution in [2.45, 2.75) is 43.5 Å². The number of hydrogen-bond acceptors (Lipinski definition) is 4. The van der Waals surface area contributed by atoms with Crippen molar-refractivity contribution in [3.05, 3.63) is 23.8 Å². The summed E-state index contributed by atoms with van der Waals surface area (Å²) >= 11 is 0. The molecule has 8 heteroatoms. The van der Waals surface area contributed by atoms with E-state index in [9.17, 15) is 18.0 Å². The van der Waals surface area contributed by atoms with E-state index in [0.717, 1.165) is 24.1 Å². The molecule has 130 valence electrons. The third kappa shape index (κ3) is 3.29. The van der Waals surface area contributed by atoms with Crippen molar-refractivity contribution in [3.8, 4) is 0 Å². The number of carbonyl (C=O) groups is 2. The van der Waals surface area contributed by atoms with Gasteiger partial charge in [-0.25, -0.2) is 8.42 Å². The lowest BCUT2D eigenvalue weighted by atomic mass is 10.1. The molecule has 1 fully saturated rings. The average Bonchev–Trinajstić information content (AvgIpc) is 2.86. The number of amides is 2. The van der Waals surface area contributed by atoms with E-state index in [2.05, 4.69) is 10.0 Å². The van der Waals surface area contributed by atoms with Gasteiger partial charge < -0.3 is 10.2 Å². The predicted molar refractivity (Wildman–Crippen MR) is 89.1 cm³/mol. The van der Waals surface area contributed by atoms with E-state index in [4.69, 9.17) is 0 Å². The molecular formula is C16H21N3O4S. The van der Waals surface area contributed by atoms with E-state index < -0.39 is 16.1 Å². The number of sulfonamides is 1. The van der Waals surface area contributed by atoms with Crippen LogP contribution in [0.25, 0.3) is 0 Å². The zero-order chi connectivity index (χ0) is 17.3. The molecule has 0 aliphatic carbocycles. The molecule has 1 aromatic carbocycles. The first-order valence-electron chi connectivity index (χ1n) is 8.09. The Balaban J connectivity index is 1.83. The fourth-order valence-electron chi connectivity index (χ4n) is 3.18. The highest BCUT2D eigenvalue weighted by Crippen LogP contribution is 2.30. The second-order valence-corrected chi connectivity index (χ2v) is 7.89. The van der Waals surface area contributed by atoms with Crippen LogP contribution in [0, 0.1) is 0 Å². The molecule has 7 nitrogen and oxygen atoms in total. The van der Waals surface area contributed by atoms with Gasteiger partial charge in [0.25, 0.3) is 0 Å². The Hall–Kier alpha value is -1.93. The van der Waals surface area contributed by atoms with Crippen LogP contribution >= 0.6 is 0 Å². The van der Waals surface area contributed by atoms with E-state index in [-0.39, 0.29) is 16.7 Å². The number of fused-ring (bicyclic) bond motifs is 1. The van der Waals surface area contributed by atoms with Gasteiger partial charge >= 0.3 is 0 Å². The molecule has 0 unspecified atom stereocenters. The third-order valence-corrected chi connectivity index (χ3v) is 5.94. The zero-order valence-electron chi connectivity index (χ0n) is 13.5. The first-order chi connectivity index (χ1) is 11.4. The number of nitrogens with zero attached hydrogens (tertiary/aromatic N) is 1. The third-order valence-electron chi connectivity index (χ3n) is 4.47. The highest BCUT2D eigenvalue weighted by Gasteiger charge is 2.29. The molecule has 1 atom stereocenters. The van der Waals surface area contributed by atoms with E-state index in [1.807, 2.05) is 0 Å². The minimum Gasteiger partial charge on any atom is -0.355 e. The fraction of sp³-hybridized carbons (Fsp3) is 0.500. The molecule has 2 heterocycles. The smallest absolute Gasteiger partial charge is 0.241 e. The first-order valence-corrected chi connectivity index (χ1v) is 9.58. The molecule has 24 heavy (non-hydrogen) atoms. The monoisotopic (exact) mass is 351 g/mol. The summed E-state index contributed by atoms with van der Waals surface area (Å²) in [5, 5.41) is 2.72. The van der Waals surface area contributed by atoms with Gasteiger partial charge in [-0.1, -0.05) is 0 Å². The Labute approximate surface area is 141 Å². The number of hydrogen-bond donors (Lipinski definition) is 2. The Morgan fingerprint density at radius 1 is 1.33 bits per heavy atom. The van der Waals surface area contributed by atoms with E-state index in [1.54, 1.807) is 17.0 Å². The highest BCUT2D eigenvalue weighted by atomic mass is 32.2. The molecule has 0 spiro atoms. The zero-order valence-corrected chi connectivity index (χ0v) is 14.4. The van der Waals surface area contributed by atoms with Crippen molar-refractivity contribution >= 4 is 27.5 Å². The molecule has 0 radical (unpaired) electrons. The van der Waals surface area contributed by atoms with Gasteiger partial charge in [-0.15, -0.1) is 0 Å². The first kappa shape index (κ1) is 16.9. The second-order valence-electron chi connectivity index (χ2n) is 6.17. The van der Waals surface area contributed by atoms with Gasteiger partial charge in [-0.3, -0.25) is 9.59 Å². The summed E-state index contributed by atoms with van der Waals surface area (Å²) in [5.74, 6) is -0.336. The van der Waals surface area contributed by atoms with Crippen molar-refractivity contribution in [1.29, 1.82) is 0 Å². The van der Waals surface area contributed by atoms with Gasteiger partial charge in [0.2, 0.25) is 21.8 Å². The lowest BCUT2D eigenvalue weighted by Crippen LogP contribution is -2.45. The van der Waals surface area contributed by atoms with Crippen LogP contribution in [0.4, 0.5) is 5.69 Å². The van der Waals surface area contributed by atoms with Gasteiger partial charge in [0, 0.05) is 25.7 Å². The fourth-order valence-corrected chi connectivity index (χ4v) is 4.46. The van der Waals surface area contributed by atoms with Crippen LogP contribution in [0.3, 0.4) is 0 Å². The van der Waals surface area contributed by atoms with Gasteiger partial charge in [0.05, 0.1) is 4.90 Å². The summed E-state index contributed by atoms with van der Waals surface area (Å²) in [4.78, 5) is 25.3. The SMILES string of the molecule is CC(=O)N1CCc2cc(S(=O)(=O)N[C@@H]3CCCCNC3=O)ccc21. The van der Waals surface area contributed by atoms with Crippen LogP contribution in [0.2, 0.25) is 0 Å². The van der Waals surface area contributed by atoms with Crippen LogP contribution in [-0.4, -0.2) is 39.4 Å². The van der Waals surface area contributed by atoms with Crippen LogP contribution in [0.15, 0.2) is 23.1 Å². The molecule has 2 N–H and O–H groups in total. The maximum atomic E-state index is 12.6. The molecule has 1 saturated heterocycles. The lowest BCUT2D eigenvalue weighted by Gasteiger charge is -2.17. The molecule has 2 aliphatic rings. The maximum absolute atomic E-state index is 12.6. The summed E-state index contributed by atoms with van der Waals surface area (Å²) in [6.07, 6.45) is 2.77. The summed E-state index contributed by atoms with van der Waals surface area (Å²) in [6, 6.07) is 4.00. The standard InChI is InChI=1S/C16H21N3O4S/c1-11(20)19-9-7-12-10-13(5-6-15(12)19)24(22,23)18-14-4-2-3-8-17-16(14)21/h5-6,10,14,18H,2-4,7-9H2,1H3,(H,17,21)/t14-/m1/s1. The number of nitrogens with one attached hydrogen (secondary N) is 2. The van der Waals surface area contributed by atoms with E-state index in [0.29, 0.717) is 25.9 Å². The Kier molecular flexibility index (Phi) is 4.60. The lowest BCUT2D eigenvalue weighted by molar-refractivity contribution is -0.122. The maximum Gasteiger partial charge on any atom is 0.241 e. The molecule has 2 amide bonds. The van der Waals surface area contributed by atoms with Gasteiger partial charge in [0.15, 0.2) is 0 Å². The minimum absolute atomic E-state index is 0.0578. The summed E-state index contributed by atoms with van der Waals surface area (Å²) < 4.78 is 27.7. The van der Waals surface area contributed by atoms with E-state index >= 15 is 0 Å². The van der Waals surface area contributed by atoms with Crippen LogP contribution in [0.1, 0.15) is 31.7 Å². The van der Waals surface area contributed by atoms with Crippen LogP contribution < -0.4 is 14.9 Å². The van der Waals surface area contributed by atoms with Crippen molar-refractivity contribution in [2.75, 3.05) is 18.0 Å². The average molecular weight is 351 g/mol. The summed E-state index contributed by atoms with van der Waals surface area (Å²) in [7, 11) is -3.78. The Morgan fingerprint density at radius 3 is 2.88 bits per heavy atom. The largest absolute Gasteiger partial charge is 0.355 e. The van der Waals surface area contributed by atoms with Gasteiger partial charge in [-0.2, -0.15) is 4.72 Å². The molecule has 0 bridgehead atoms. The molecule has 2 aliphatic heterocycles. The van der Waals surface area contributed by atoms with Crippen molar-refractivity contribution < 1.29 is 18.0 Å². The second kappa shape index (κ2) is 6.52. The molecule has 3 rings (SSSR count). The Bertz CT molecular complexity index is 776. The van der Waals surface area contributed by atoms with Gasteiger partial charge in [0.1, 0.15) is 6.04 Å². The number of benzene rings is 1. The Morgan fingerprint density at radius 2 is 2.12 bits per heavy atom. The molecule has 0 saturated carbocycles. The topological polar surface area (TPSA) is 95.6 Å². The van der Waals surface area contributed by atoms with Crippen LogP contribution in [-0.2, 0) is 26.0 Å². The van der Waals surface area contributed by atoms with Crippen molar-refractivity contribution in [1.82, 2.24) is 10.0 Å². The number of anilines is 1.